The molecule has 0 aliphatic carbocycles. The number of primary amides is 1. The van der Waals surface area contributed by atoms with Crippen LogP contribution in [-0.2, 0) is 16.1 Å². The number of benzene rings is 2. The SMILES string of the molecule is NC(=O)Cn1cc(/C=C2\SC(=Nc3ccc(Cl)cc3)NC2=O)c2ccccc21. The molecule has 3 N–H and O–H groups in total. The van der Waals surface area contributed by atoms with E-state index in [1.165, 1.54) is 11.8 Å². The molecule has 1 aromatic heterocycles. The van der Waals surface area contributed by atoms with Crippen LogP contribution < -0.4 is 11.1 Å². The molecule has 1 saturated heterocycles. The highest BCUT2D eigenvalue weighted by Gasteiger charge is 2.24. The number of rotatable bonds is 4. The van der Waals surface area contributed by atoms with Crippen LogP contribution in [-0.4, -0.2) is 21.5 Å². The normalized spacial score (nSPS) is 16.8. The first-order valence-electron chi connectivity index (χ1n) is 8.41. The number of aliphatic imine (C=N–C) groups is 1. The molecule has 8 heteroatoms. The molecular formula is C20H15ClN4O2S. The number of hydrogen-bond donors (Lipinski definition) is 2. The van der Waals surface area contributed by atoms with Gasteiger partial charge in [0.1, 0.15) is 6.54 Å². The van der Waals surface area contributed by atoms with E-state index in [9.17, 15) is 9.59 Å². The molecule has 1 aliphatic heterocycles. The van der Waals surface area contributed by atoms with Crippen molar-refractivity contribution < 1.29 is 9.59 Å². The van der Waals surface area contributed by atoms with Crippen molar-refractivity contribution in [1.29, 1.82) is 0 Å². The minimum atomic E-state index is -0.426. The highest BCUT2D eigenvalue weighted by atomic mass is 35.5. The topological polar surface area (TPSA) is 89.5 Å². The summed E-state index contributed by atoms with van der Waals surface area (Å²) < 4.78 is 1.78. The smallest absolute Gasteiger partial charge is 0.264 e. The number of hydrogen-bond acceptors (Lipinski definition) is 4. The largest absolute Gasteiger partial charge is 0.368 e. The average Bonchev–Trinajstić information content (AvgIpc) is 3.18. The second-order valence-corrected chi connectivity index (χ2v) is 7.62. The molecule has 0 atom stereocenters. The molecule has 0 spiro atoms. The third kappa shape index (κ3) is 3.81. The second-order valence-electron chi connectivity index (χ2n) is 6.15. The Hall–Kier alpha value is -3.03. The zero-order valence-corrected chi connectivity index (χ0v) is 16.1. The van der Waals surface area contributed by atoms with Crippen molar-refractivity contribution in [2.75, 3.05) is 0 Å². The number of carbonyl (C=O) groups excluding carboxylic acids is 2. The minimum Gasteiger partial charge on any atom is -0.368 e. The molecule has 1 fully saturated rings. The lowest BCUT2D eigenvalue weighted by Crippen LogP contribution is -2.19. The molecule has 3 aromatic rings. The fraction of sp³-hybridized carbons (Fsp3) is 0.0500. The molecular weight excluding hydrogens is 396 g/mol. The summed E-state index contributed by atoms with van der Waals surface area (Å²) in [6.45, 7) is 0.0757. The lowest BCUT2D eigenvalue weighted by Gasteiger charge is -2.00. The molecule has 0 saturated carbocycles. The Kier molecular flexibility index (Phi) is 4.93. The molecule has 2 amide bonds. The Bertz CT molecular complexity index is 1150. The number of amidine groups is 1. The standard InChI is InChI=1S/C20H15ClN4O2S/c21-13-5-7-14(8-6-13)23-20-24-19(27)17(28-20)9-12-10-25(11-18(22)26)16-4-2-1-3-15(12)16/h1-10H,11H2,(H2,22,26)(H,23,24,27)/b17-9-. The van der Waals surface area contributed by atoms with Gasteiger partial charge in [0.05, 0.1) is 10.6 Å². The van der Waals surface area contributed by atoms with Crippen LogP contribution in [0.25, 0.3) is 17.0 Å². The molecule has 2 aromatic carbocycles. The summed E-state index contributed by atoms with van der Waals surface area (Å²) in [6.07, 6.45) is 3.62. The predicted molar refractivity (Wildman–Crippen MR) is 113 cm³/mol. The molecule has 0 unspecified atom stereocenters. The Balaban J connectivity index is 1.67. The Morgan fingerprint density at radius 3 is 2.71 bits per heavy atom. The van der Waals surface area contributed by atoms with Gasteiger partial charge in [-0.05, 0) is 48.2 Å². The monoisotopic (exact) mass is 410 g/mol. The molecule has 1 aliphatic rings. The minimum absolute atomic E-state index is 0.0757. The third-order valence-corrected chi connectivity index (χ3v) is 5.30. The van der Waals surface area contributed by atoms with Crippen LogP contribution in [0.5, 0.6) is 0 Å². The van der Waals surface area contributed by atoms with E-state index >= 15 is 0 Å². The maximum atomic E-state index is 12.4. The van der Waals surface area contributed by atoms with Crippen molar-refractivity contribution in [2.45, 2.75) is 6.54 Å². The number of carbonyl (C=O) groups is 2. The van der Waals surface area contributed by atoms with Crippen LogP contribution in [0.15, 0.2) is 64.6 Å². The van der Waals surface area contributed by atoms with Crippen molar-refractivity contribution in [3.8, 4) is 0 Å². The summed E-state index contributed by atoms with van der Waals surface area (Å²) in [6, 6.07) is 14.7. The number of amides is 2. The average molecular weight is 411 g/mol. The summed E-state index contributed by atoms with van der Waals surface area (Å²) >= 11 is 7.14. The lowest BCUT2D eigenvalue weighted by molar-refractivity contribution is -0.118. The predicted octanol–water partition coefficient (Wildman–Crippen LogP) is 3.67. The van der Waals surface area contributed by atoms with Crippen LogP contribution in [0.1, 0.15) is 5.56 Å². The molecule has 0 bridgehead atoms. The third-order valence-electron chi connectivity index (χ3n) is 4.14. The number of nitrogens with zero attached hydrogens (tertiary/aromatic N) is 2. The quantitative estimate of drug-likeness (QED) is 0.643. The lowest BCUT2D eigenvalue weighted by atomic mass is 10.1. The molecule has 28 heavy (non-hydrogen) atoms. The first-order valence-corrected chi connectivity index (χ1v) is 9.60. The summed E-state index contributed by atoms with van der Waals surface area (Å²) in [5.74, 6) is -0.644. The van der Waals surface area contributed by atoms with Gasteiger partial charge < -0.3 is 15.6 Å². The van der Waals surface area contributed by atoms with Crippen molar-refractivity contribution in [2.24, 2.45) is 10.7 Å². The molecule has 0 radical (unpaired) electrons. The highest BCUT2D eigenvalue weighted by molar-refractivity contribution is 8.18. The number of aromatic nitrogens is 1. The molecule has 4 rings (SSSR count). The summed E-state index contributed by atoms with van der Waals surface area (Å²) in [4.78, 5) is 28.7. The molecule has 140 valence electrons. The number of thioether (sulfide) groups is 1. The van der Waals surface area contributed by atoms with Crippen LogP contribution in [0, 0.1) is 0 Å². The van der Waals surface area contributed by atoms with E-state index in [2.05, 4.69) is 10.3 Å². The second kappa shape index (κ2) is 7.53. The summed E-state index contributed by atoms with van der Waals surface area (Å²) in [5, 5.41) is 4.83. The van der Waals surface area contributed by atoms with Gasteiger partial charge in [0.2, 0.25) is 5.91 Å². The number of nitrogens with two attached hydrogens (primary N) is 1. The van der Waals surface area contributed by atoms with Gasteiger partial charge in [-0.1, -0.05) is 29.8 Å². The van der Waals surface area contributed by atoms with Gasteiger partial charge in [-0.2, -0.15) is 0 Å². The maximum Gasteiger partial charge on any atom is 0.264 e. The van der Waals surface area contributed by atoms with Gasteiger partial charge in [0.15, 0.2) is 5.17 Å². The van der Waals surface area contributed by atoms with Crippen molar-refractivity contribution in [3.05, 3.63) is 70.2 Å². The number of nitrogens with one attached hydrogen (secondary N) is 1. The summed E-state index contributed by atoms with van der Waals surface area (Å²) in [7, 11) is 0. The van der Waals surface area contributed by atoms with Crippen LogP contribution >= 0.6 is 23.4 Å². The number of fused-ring (bicyclic) bond motifs is 1. The number of halogens is 1. The first-order chi connectivity index (χ1) is 13.5. The van der Waals surface area contributed by atoms with Gasteiger partial charge in [-0.15, -0.1) is 0 Å². The van der Waals surface area contributed by atoms with E-state index in [4.69, 9.17) is 17.3 Å². The van der Waals surface area contributed by atoms with Gasteiger partial charge in [0, 0.05) is 27.7 Å². The molecule has 6 nitrogen and oxygen atoms in total. The fourth-order valence-corrected chi connectivity index (χ4v) is 3.90. The van der Waals surface area contributed by atoms with E-state index in [-0.39, 0.29) is 12.5 Å². The van der Waals surface area contributed by atoms with Crippen LogP contribution in [0.3, 0.4) is 0 Å². The Morgan fingerprint density at radius 1 is 1.21 bits per heavy atom. The van der Waals surface area contributed by atoms with Gasteiger partial charge in [0.25, 0.3) is 5.91 Å². The van der Waals surface area contributed by atoms with Crippen molar-refractivity contribution >= 4 is 63.0 Å². The van der Waals surface area contributed by atoms with E-state index in [0.717, 1.165) is 16.5 Å². The van der Waals surface area contributed by atoms with Crippen LogP contribution in [0.2, 0.25) is 5.02 Å². The number of para-hydroxylation sites is 1. The zero-order valence-electron chi connectivity index (χ0n) is 14.6. The Morgan fingerprint density at radius 2 is 1.96 bits per heavy atom. The fourth-order valence-electron chi connectivity index (χ4n) is 2.94. The van der Waals surface area contributed by atoms with Gasteiger partial charge in [-0.25, -0.2) is 4.99 Å². The van der Waals surface area contributed by atoms with Gasteiger partial charge >= 0.3 is 0 Å². The molecule has 2 heterocycles. The van der Waals surface area contributed by atoms with Gasteiger partial charge in [-0.3, -0.25) is 9.59 Å². The zero-order chi connectivity index (χ0) is 19.7. The highest BCUT2D eigenvalue weighted by Crippen LogP contribution is 2.31. The van der Waals surface area contributed by atoms with E-state index in [1.54, 1.807) is 34.9 Å². The van der Waals surface area contributed by atoms with Crippen molar-refractivity contribution in [1.82, 2.24) is 9.88 Å². The van der Waals surface area contributed by atoms with Crippen molar-refractivity contribution in [3.63, 3.8) is 0 Å². The van der Waals surface area contributed by atoms with E-state index < -0.39 is 5.91 Å². The summed E-state index contributed by atoms with van der Waals surface area (Å²) in [5.41, 5.74) is 7.76. The maximum absolute atomic E-state index is 12.4. The Labute approximate surface area is 170 Å². The van der Waals surface area contributed by atoms with E-state index in [1.807, 2.05) is 30.5 Å². The van der Waals surface area contributed by atoms with Crippen LogP contribution in [0.4, 0.5) is 5.69 Å². The van der Waals surface area contributed by atoms with E-state index in [0.29, 0.717) is 20.8 Å². The first kappa shape index (κ1) is 18.3.